The van der Waals surface area contributed by atoms with E-state index in [4.69, 9.17) is 15.0 Å². The first-order chi connectivity index (χ1) is 24.1. The number of dihydropyridines is 1. The van der Waals surface area contributed by atoms with Crippen LogP contribution in [0.15, 0.2) is 82.8 Å². The average molecular weight is 690 g/mol. The van der Waals surface area contributed by atoms with E-state index >= 15 is 0 Å². The van der Waals surface area contributed by atoms with Crippen LogP contribution < -0.4 is 5.32 Å². The zero-order chi connectivity index (χ0) is 36.1. The van der Waals surface area contributed by atoms with Crippen molar-refractivity contribution >= 4 is 23.5 Å². The fraction of sp³-hybridized carbons (Fsp3) is 0.457. The molecular weight excluding hydrogens is 646 g/mol. The number of ether oxygens (including phenoxy) is 2. The Morgan fingerprint density at radius 1 is 1.14 bits per heavy atom. The minimum Gasteiger partial charge on any atom is -0.478 e. The lowest BCUT2D eigenvalue weighted by atomic mass is 9.72. The maximum Gasteiger partial charge on any atom is 0.334 e. The van der Waals surface area contributed by atoms with Crippen molar-refractivity contribution in [2.24, 2.45) is 5.11 Å². The molecule has 0 bridgehead atoms. The average Bonchev–Trinajstić information content (AvgIpc) is 3.13. The predicted octanol–water partition coefficient (Wildman–Crippen LogP) is 5.01. The highest BCUT2D eigenvalue weighted by atomic mass is 16.6. The first-order valence-corrected chi connectivity index (χ1v) is 16.7. The van der Waals surface area contributed by atoms with E-state index in [1.54, 1.807) is 13.8 Å². The maximum absolute atomic E-state index is 14.0. The van der Waals surface area contributed by atoms with Gasteiger partial charge in [0.25, 0.3) is 11.6 Å². The van der Waals surface area contributed by atoms with Crippen LogP contribution in [0.3, 0.4) is 0 Å². The van der Waals surface area contributed by atoms with Crippen LogP contribution >= 0.6 is 0 Å². The molecule has 0 saturated carbocycles. The van der Waals surface area contributed by atoms with Crippen molar-refractivity contribution in [3.8, 4) is 0 Å². The van der Waals surface area contributed by atoms with E-state index in [-0.39, 0.29) is 42.8 Å². The number of carboxylic acid groups (broad SMARTS) is 1. The number of piperidine rings is 1. The second kappa shape index (κ2) is 18.0. The molecule has 50 heavy (non-hydrogen) atoms. The fourth-order valence-corrected chi connectivity index (χ4v) is 6.44. The number of likely N-dealkylation sites (tertiary alicyclic amines) is 1. The number of nitro groups is 1. The summed E-state index contributed by atoms with van der Waals surface area (Å²) in [6.45, 7) is 6.24. The van der Waals surface area contributed by atoms with Crippen molar-refractivity contribution in [1.29, 1.82) is 0 Å². The number of nitrogens with one attached hydrogen (secondary N) is 1. The number of carboxylic acids is 1. The Bertz CT molecular complexity index is 1630. The molecule has 4 rings (SSSR count). The fourth-order valence-electron chi connectivity index (χ4n) is 6.44. The number of hydrogen-bond acceptors (Lipinski definition) is 10. The number of nitro benzene ring substituents is 1. The third-order valence-electron chi connectivity index (χ3n) is 9.07. The first kappa shape index (κ1) is 37.6. The van der Waals surface area contributed by atoms with Crippen LogP contribution in [0.2, 0.25) is 0 Å². The Balaban J connectivity index is 1.50. The summed E-state index contributed by atoms with van der Waals surface area (Å²) in [5.74, 6) is -2.64. The smallest absolute Gasteiger partial charge is 0.334 e. The second-order valence-electron chi connectivity index (χ2n) is 12.0. The number of azide groups is 1. The van der Waals surface area contributed by atoms with Gasteiger partial charge >= 0.3 is 11.9 Å². The van der Waals surface area contributed by atoms with Crippen LogP contribution in [-0.4, -0.2) is 90.3 Å². The van der Waals surface area contributed by atoms with Crippen LogP contribution in [0, 0.1) is 10.1 Å². The summed E-state index contributed by atoms with van der Waals surface area (Å²) >= 11 is 0. The van der Waals surface area contributed by atoms with Gasteiger partial charge in [-0.3, -0.25) is 19.7 Å². The Morgan fingerprint density at radius 2 is 1.84 bits per heavy atom. The van der Waals surface area contributed by atoms with Gasteiger partial charge in [0.2, 0.25) is 0 Å². The van der Waals surface area contributed by atoms with E-state index in [1.165, 1.54) is 35.2 Å². The van der Waals surface area contributed by atoms with E-state index in [1.807, 2.05) is 30.3 Å². The molecule has 2 heterocycles. The Labute approximate surface area is 290 Å². The lowest BCUT2D eigenvalue weighted by Crippen LogP contribution is -2.48. The molecule has 0 spiro atoms. The number of carbonyl (C=O) groups is 3. The third kappa shape index (κ3) is 9.05. The molecule has 0 aliphatic carbocycles. The molecule has 2 aliphatic rings. The second-order valence-corrected chi connectivity index (χ2v) is 12.0. The van der Waals surface area contributed by atoms with Gasteiger partial charge in [-0.25, -0.2) is 4.79 Å². The van der Waals surface area contributed by atoms with Crippen LogP contribution in [-0.2, 0) is 29.3 Å². The molecule has 2 aromatic carbocycles. The van der Waals surface area contributed by atoms with Gasteiger partial charge < -0.3 is 29.7 Å². The van der Waals surface area contributed by atoms with Gasteiger partial charge in [-0.15, -0.1) is 0 Å². The zero-order valence-corrected chi connectivity index (χ0v) is 28.3. The van der Waals surface area contributed by atoms with Crippen molar-refractivity contribution in [2.45, 2.75) is 50.9 Å². The summed E-state index contributed by atoms with van der Waals surface area (Å²) < 4.78 is 11.2. The van der Waals surface area contributed by atoms with Gasteiger partial charge in [0.15, 0.2) is 0 Å². The number of esters is 1. The van der Waals surface area contributed by atoms with E-state index in [2.05, 4.69) is 20.2 Å². The normalized spacial score (nSPS) is 17.2. The lowest BCUT2D eigenvalue weighted by Gasteiger charge is -2.40. The molecule has 1 unspecified atom stereocenters. The Kier molecular flexibility index (Phi) is 13.5. The zero-order valence-electron chi connectivity index (χ0n) is 28.3. The lowest BCUT2D eigenvalue weighted by molar-refractivity contribution is -0.384. The minimum absolute atomic E-state index is 0.0505. The van der Waals surface area contributed by atoms with E-state index in [0.717, 1.165) is 5.56 Å². The summed E-state index contributed by atoms with van der Waals surface area (Å²) in [6, 6.07) is 15.3. The number of hydrogen-bond donors (Lipinski definition) is 2. The van der Waals surface area contributed by atoms with Gasteiger partial charge in [0.05, 0.1) is 29.1 Å². The molecule has 1 amide bonds. The van der Waals surface area contributed by atoms with Crippen molar-refractivity contribution < 1.29 is 33.9 Å². The van der Waals surface area contributed by atoms with Gasteiger partial charge in [-0.1, -0.05) is 54.5 Å². The van der Waals surface area contributed by atoms with E-state index < -0.39 is 28.1 Å². The van der Waals surface area contributed by atoms with Crippen molar-refractivity contribution in [3.05, 3.63) is 109 Å². The summed E-state index contributed by atoms with van der Waals surface area (Å²) in [7, 11) is 0. The van der Waals surface area contributed by atoms with Gasteiger partial charge in [0, 0.05) is 41.7 Å². The number of rotatable bonds is 17. The van der Waals surface area contributed by atoms with Gasteiger partial charge in [-0.05, 0) is 75.0 Å². The molecule has 15 heteroatoms. The molecule has 0 aromatic heterocycles. The quantitative estimate of drug-likeness (QED) is 0.0332. The van der Waals surface area contributed by atoms with E-state index in [0.29, 0.717) is 69.7 Å². The number of amides is 1. The van der Waals surface area contributed by atoms with Gasteiger partial charge in [-0.2, -0.15) is 0 Å². The van der Waals surface area contributed by atoms with Crippen molar-refractivity contribution in [1.82, 2.24) is 15.1 Å². The molecule has 1 fully saturated rings. The van der Waals surface area contributed by atoms with Gasteiger partial charge in [0.1, 0.15) is 12.4 Å². The highest BCUT2D eigenvalue weighted by molar-refractivity contribution is 5.97. The number of non-ortho nitro benzene ring substituents is 1. The number of carbonyl (C=O) groups excluding carboxylic acids is 2. The van der Waals surface area contributed by atoms with Crippen LogP contribution in [0.5, 0.6) is 0 Å². The SMILES string of the molecule is CCOC(=O)C1(c2ccccc2)CCN(CCCN(COCCN=[N+]=[N-])C(=O)C2=CC(c3ccc([N+](=O)[O-])cc3)C(C(=O)O)=C(CC)N2)CC1. The maximum atomic E-state index is 14.0. The topological polar surface area (TPSA) is 200 Å². The molecule has 15 nitrogen and oxygen atoms in total. The first-order valence-electron chi connectivity index (χ1n) is 16.7. The Morgan fingerprint density at radius 3 is 2.44 bits per heavy atom. The molecular formula is C35H43N7O8. The summed E-state index contributed by atoms with van der Waals surface area (Å²) in [6.07, 6.45) is 3.60. The van der Waals surface area contributed by atoms with Crippen LogP contribution in [0.4, 0.5) is 5.69 Å². The van der Waals surface area contributed by atoms with E-state index in [9.17, 15) is 29.6 Å². The molecule has 2 aromatic rings. The molecule has 0 radical (unpaired) electrons. The minimum atomic E-state index is -1.17. The largest absolute Gasteiger partial charge is 0.478 e. The van der Waals surface area contributed by atoms with Crippen LogP contribution in [0.25, 0.3) is 10.4 Å². The standard InChI is InChI=1S/C35H43N7O8/c1-3-29-31(33(44)45)28(25-11-13-27(14-12-25)42(47)48)23-30(38-29)32(43)41(24-49-22-17-37-39-36)19-8-18-40-20-15-35(16-21-40,34(46)50-4-2)26-9-6-5-7-10-26/h5-7,9-14,23,28,38H,3-4,8,15-22,24H2,1-2H3,(H,44,45). The number of nitrogens with zero attached hydrogens (tertiary/aromatic N) is 6. The monoisotopic (exact) mass is 689 g/mol. The Hall–Kier alpha value is -5.24. The molecule has 2 N–H and O–H groups in total. The molecule has 266 valence electrons. The van der Waals surface area contributed by atoms with Crippen LogP contribution in [0.1, 0.15) is 56.6 Å². The number of aliphatic carboxylic acids is 1. The molecule has 2 aliphatic heterocycles. The molecule has 1 atom stereocenters. The summed E-state index contributed by atoms with van der Waals surface area (Å²) in [4.78, 5) is 56.8. The summed E-state index contributed by atoms with van der Waals surface area (Å²) in [5, 5.41) is 27.8. The number of allylic oxidation sites excluding steroid dienone is 2. The van der Waals surface area contributed by atoms with Crippen molar-refractivity contribution in [3.63, 3.8) is 0 Å². The third-order valence-corrected chi connectivity index (χ3v) is 9.07. The highest BCUT2D eigenvalue weighted by Crippen LogP contribution is 2.37. The summed E-state index contributed by atoms with van der Waals surface area (Å²) in [5.41, 5.74) is 9.76. The number of benzene rings is 2. The van der Waals surface area contributed by atoms with Crippen molar-refractivity contribution in [2.75, 3.05) is 52.7 Å². The highest BCUT2D eigenvalue weighted by Gasteiger charge is 2.44. The molecule has 1 saturated heterocycles. The predicted molar refractivity (Wildman–Crippen MR) is 184 cm³/mol.